The van der Waals surface area contributed by atoms with Crippen LogP contribution >= 0.6 is 0 Å². The zero-order chi connectivity index (χ0) is 20.8. The van der Waals surface area contributed by atoms with Gasteiger partial charge in [-0.15, -0.1) is 0 Å². The van der Waals surface area contributed by atoms with E-state index in [1.54, 1.807) is 30.3 Å². The summed E-state index contributed by atoms with van der Waals surface area (Å²) in [6, 6.07) is 12.6. The lowest BCUT2D eigenvalue weighted by atomic mass is 10.1. The molecule has 0 aliphatic carbocycles. The van der Waals surface area contributed by atoms with Crippen LogP contribution in [0.2, 0.25) is 0 Å². The van der Waals surface area contributed by atoms with Gasteiger partial charge in [-0.3, -0.25) is 19.7 Å². The quantitative estimate of drug-likeness (QED) is 0.376. The number of hydrazone groups is 1. The van der Waals surface area contributed by atoms with Crippen molar-refractivity contribution in [2.45, 2.75) is 26.3 Å². The van der Waals surface area contributed by atoms with Crippen LogP contribution in [0.4, 0.5) is 5.69 Å². The van der Waals surface area contributed by atoms with Gasteiger partial charge in [0, 0.05) is 29.6 Å². The van der Waals surface area contributed by atoms with Gasteiger partial charge in [-0.2, -0.15) is 10.2 Å². The number of nitro groups is 1. The molecular formula is C20H19N5O4. The highest BCUT2D eigenvalue weighted by Crippen LogP contribution is 2.14. The summed E-state index contributed by atoms with van der Waals surface area (Å²) < 4.78 is 1.30. The number of hydrogen-bond acceptors (Lipinski definition) is 6. The molecule has 0 aliphatic heterocycles. The molecule has 0 aliphatic rings. The maximum atomic E-state index is 12.7. The van der Waals surface area contributed by atoms with Crippen molar-refractivity contribution in [2.75, 3.05) is 0 Å². The lowest BCUT2D eigenvalue weighted by Crippen LogP contribution is -2.29. The molecule has 0 fully saturated rings. The Labute approximate surface area is 165 Å². The summed E-state index contributed by atoms with van der Waals surface area (Å²) in [5, 5.41) is 19.8. The van der Waals surface area contributed by atoms with Gasteiger partial charge < -0.3 is 0 Å². The Bertz CT molecular complexity index is 1150. The number of fused-ring (bicyclic) bond motifs is 1. The van der Waals surface area contributed by atoms with Crippen molar-refractivity contribution in [1.82, 2.24) is 15.2 Å². The molecule has 0 saturated carbocycles. The number of nitrogens with zero attached hydrogens (tertiary/aromatic N) is 4. The third kappa shape index (κ3) is 4.52. The monoisotopic (exact) mass is 393 g/mol. The minimum absolute atomic E-state index is 0.0732. The van der Waals surface area contributed by atoms with E-state index in [4.69, 9.17) is 0 Å². The highest BCUT2D eigenvalue weighted by Gasteiger charge is 2.16. The van der Waals surface area contributed by atoms with Gasteiger partial charge in [0.05, 0.1) is 16.5 Å². The van der Waals surface area contributed by atoms with Crippen LogP contribution in [-0.2, 0) is 6.54 Å². The van der Waals surface area contributed by atoms with Crippen molar-refractivity contribution in [3.63, 3.8) is 0 Å². The van der Waals surface area contributed by atoms with Gasteiger partial charge in [-0.05, 0) is 12.5 Å². The predicted octanol–water partition coefficient (Wildman–Crippen LogP) is 2.87. The second-order valence-electron chi connectivity index (χ2n) is 6.33. The van der Waals surface area contributed by atoms with E-state index in [0.717, 1.165) is 12.8 Å². The van der Waals surface area contributed by atoms with Crippen molar-refractivity contribution in [1.29, 1.82) is 0 Å². The standard InChI is InChI=1S/C20H19N5O4/c1-2-3-11-24-20(27)17-10-5-4-9-16(17)18(23-24)19(26)22-21-13-14-7-6-8-15(12-14)25(28)29/h4-10,12-13H,2-3,11H2,1H3,(H,22,26)/b21-13+. The van der Waals surface area contributed by atoms with E-state index in [0.29, 0.717) is 22.9 Å². The summed E-state index contributed by atoms with van der Waals surface area (Å²) in [4.78, 5) is 35.6. The molecule has 9 heteroatoms. The summed E-state index contributed by atoms with van der Waals surface area (Å²) in [5.74, 6) is -0.576. The minimum atomic E-state index is -0.576. The minimum Gasteiger partial charge on any atom is -0.267 e. The molecule has 1 N–H and O–H groups in total. The van der Waals surface area contributed by atoms with E-state index in [-0.39, 0.29) is 16.9 Å². The fraction of sp³-hybridized carbons (Fsp3) is 0.200. The van der Waals surface area contributed by atoms with E-state index in [9.17, 15) is 19.7 Å². The maximum Gasteiger partial charge on any atom is 0.292 e. The molecule has 1 heterocycles. The van der Waals surface area contributed by atoms with Crippen LogP contribution in [0.5, 0.6) is 0 Å². The third-order valence-electron chi connectivity index (χ3n) is 4.27. The van der Waals surface area contributed by atoms with Crippen LogP contribution in [0.1, 0.15) is 35.8 Å². The number of benzene rings is 2. The van der Waals surface area contributed by atoms with Gasteiger partial charge >= 0.3 is 0 Å². The summed E-state index contributed by atoms with van der Waals surface area (Å²) in [6.45, 7) is 2.42. The first-order valence-corrected chi connectivity index (χ1v) is 9.09. The van der Waals surface area contributed by atoms with Crippen LogP contribution in [-0.4, -0.2) is 26.8 Å². The van der Waals surface area contributed by atoms with Gasteiger partial charge in [0.15, 0.2) is 5.69 Å². The fourth-order valence-corrected chi connectivity index (χ4v) is 2.80. The number of amides is 1. The topological polar surface area (TPSA) is 119 Å². The molecule has 2 aromatic carbocycles. The van der Waals surface area contributed by atoms with E-state index < -0.39 is 10.8 Å². The van der Waals surface area contributed by atoms with Crippen molar-refractivity contribution in [3.8, 4) is 0 Å². The average molecular weight is 393 g/mol. The summed E-state index contributed by atoms with van der Waals surface area (Å²) >= 11 is 0. The molecule has 3 aromatic rings. The van der Waals surface area contributed by atoms with Crippen molar-refractivity contribution in [2.24, 2.45) is 5.10 Å². The van der Waals surface area contributed by atoms with E-state index in [1.165, 1.54) is 29.1 Å². The first-order chi connectivity index (χ1) is 14.0. The lowest BCUT2D eigenvalue weighted by molar-refractivity contribution is -0.384. The first kappa shape index (κ1) is 19.9. The fourth-order valence-electron chi connectivity index (χ4n) is 2.80. The number of non-ortho nitro benzene ring substituents is 1. The van der Waals surface area contributed by atoms with Gasteiger partial charge in [-0.1, -0.05) is 43.7 Å². The van der Waals surface area contributed by atoms with E-state index in [2.05, 4.69) is 15.6 Å². The Morgan fingerprint density at radius 2 is 2.00 bits per heavy atom. The van der Waals surface area contributed by atoms with Crippen LogP contribution in [0, 0.1) is 10.1 Å². The summed E-state index contributed by atoms with van der Waals surface area (Å²) in [6.07, 6.45) is 2.95. The molecule has 0 unspecified atom stereocenters. The third-order valence-corrected chi connectivity index (χ3v) is 4.27. The molecular weight excluding hydrogens is 374 g/mol. The second kappa shape index (κ2) is 8.87. The molecule has 9 nitrogen and oxygen atoms in total. The second-order valence-corrected chi connectivity index (χ2v) is 6.33. The van der Waals surface area contributed by atoms with Gasteiger partial charge in [0.1, 0.15) is 0 Å². The normalized spacial score (nSPS) is 11.1. The first-order valence-electron chi connectivity index (χ1n) is 9.09. The molecule has 1 aromatic heterocycles. The Morgan fingerprint density at radius 1 is 1.24 bits per heavy atom. The molecule has 0 radical (unpaired) electrons. The van der Waals surface area contributed by atoms with Gasteiger partial charge in [-0.25, -0.2) is 10.1 Å². The molecule has 0 spiro atoms. The molecule has 0 saturated heterocycles. The predicted molar refractivity (Wildman–Crippen MR) is 109 cm³/mol. The number of unbranched alkanes of at least 4 members (excludes halogenated alkanes) is 1. The Morgan fingerprint density at radius 3 is 2.72 bits per heavy atom. The van der Waals surface area contributed by atoms with Crippen molar-refractivity contribution in [3.05, 3.63) is 80.3 Å². The number of aryl methyl sites for hydroxylation is 1. The molecule has 0 bridgehead atoms. The number of rotatable bonds is 7. The Kier molecular flexibility index (Phi) is 6.08. The number of carbonyl (C=O) groups excluding carboxylic acids is 1. The number of hydrogen-bond donors (Lipinski definition) is 1. The summed E-state index contributed by atoms with van der Waals surface area (Å²) in [5.41, 5.74) is 2.61. The van der Waals surface area contributed by atoms with E-state index in [1.807, 2.05) is 6.92 Å². The lowest BCUT2D eigenvalue weighted by Gasteiger charge is -2.09. The molecule has 148 valence electrons. The number of nitro benzene ring substituents is 1. The smallest absolute Gasteiger partial charge is 0.267 e. The van der Waals surface area contributed by atoms with Crippen LogP contribution in [0.25, 0.3) is 10.8 Å². The molecule has 0 atom stereocenters. The van der Waals surface area contributed by atoms with Crippen molar-refractivity contribution >= 4 is 28.6 Å². The molecule has 3 rings (SSSR count). The number of carbonyl (C=O) groups is 1. The Hall–Kier alpha value is -3.88. The van der Waals surface area contributed by atoms with Gasteiger partial charge in [0.25, 0.3) is 17.2 Å². The zero-order valence-corrected chi connectivity index (χ0v) is 15.7. The SMILES string of the molecule is CCCCn1nc(C(=O)N/N=C/c2cccc([N+](=O)[O-])c2)c2ccccc2c1=O. The largest absolute Gasteiger partial charge is 0.292 e. The van der Waals surface area contributed by atoms with Crippen LogP contribution < -0.4 is 11.0 Å². The van der Waals surface area contributed by atoms with Crippen molar-refractivity contribution < 1.29 is 9.72 Å². The van der Waals surface area contributed by atoms with Crippen LogP contribution in [0.15, 0.2) is 58.4 Å². The highest BCUT2D eigenvalue weighted by atomic mass is 16.6. The maximum absolute atomic E-state index is 12.7. The van der Waals surface area contributed by atoms with Crippen LogP contribution in [0.3, 0.4) is 0 Å². The number of aromatic nitrogens is 2. The molecule has 1 amide bonds. The average Bonchev–Trinajstić information content (AvgIpc) is 2.73. The van der Waals surface area contributed by atoms with Gasteiger partial charge in [0.2, 0.25) is 0 Å². The summed E-state index contributed by atoms with van der Waals surface area (Å²) in [7, 11) is 0. The Balaban J connectivity index is 1.88. The zero-order valence-electron chi connectivity index (χ0n) is 15.7. The molecule has 29 heavy (non-hydrogen) atoms. The number of nitrogens with one attached hydrogen (secondary N) is 1. The van der Waals surface area contributed by atoms with E-state index >= 15 is 0 Å². The highest BCUT2D eigenvalue weighted by molar-refractivity contribution is 6.04.